The molecule has 4 rings (SSSR count). The highest BCUT2D eigenvalue weighted by atomic mass is 19.4. The molecule has 1 saturated heterocycles. The topological polar surface area (TPSA) is 73.6 Å². The first-order valence-electron chi connectivity index (χ1n) is 9.02. The van der Waals surface area contributed by atoms with Gasteiger partial charge in [0.15, 0.2) is 0 Å². The Morgan fingerprint density at radius 3 is 2.77 bits per heavy atom. The fourth-order valence-electron chi connectivity index (χ4n) is 3.25. The molecule has 160 valence electrons. The lowest BCUT2D eigenvalue weighted by molar-refractivity contribution is -0.138. The van der Waals surface area contributed by atoms with Gasteiger partial charge < -0.3 is 14.8 Å². The maximum atomic E-state index is 13.0. The molecule has 1 aliphatic rings. The Morgan fingerprint density at radius 2 is 2.07 bits per heavy atom. The molecular weight excluding hydrogens is 413 g/mol. The molecule has 30 heavy (non-hydrogen) atoms. The molecule has 0 spiro atoms. The normalized spacial score (nSPS) is 17.5. The van der Waals surface area contributed by atoms with Gasteiger partial charge in [-0.05, 0) is 31.0 Å². The summed E-state index contributed by atoms with van der Waals surface area (Å²) >= 11 is 0. The van der Waals surface area contributed by atoms with Crippen molar-refractivity contribution < 1.29 is 31.4 Å². The van der Waals surface area contributed by atoms with Gasteiger partial charge >= 0.3 is 12.8 Å². The van der Waals surface area contributed by atoms with E-state index in [1.54, 1.807) is 4.40 Å². The average molecular weight is 429 g/mol. The number of imidazole rings is 1. The smallest absolute Gasteiger partial charge is 0.416 e. The van der Waals surface area contributed by atoms with E-state index in [1.165, 1.54) is 12.5 Å². The number of aromatic nitrogens is 4. The lowest BCUT2D eigenvalue weighted by atomic mass is 10.1. The fourth-order valence-corrected chi connectivity index (χ4v) is 3.25. The summed E-state index contributed by atoms with van der Waals surface area (Å²) in [4.78, 5) is 4.03. The van der Waals surface area contributed by atoms with Crippen LogP contribution in [0.2, 0.25) is 0 Å². The highest BCUT2D eigenvalue weighted by molar-refractivity contribution is 5.81. The number of anilines is 1. The lowest BCUT2D eigenvalue weighted by Gasteiger charge is -2.23. The predicted octanol–water partition coefficient (Wildman–Crippen LogP) is 4.00. The maximum Gasteiger partial charge on any atom is 0.416 e. The first-order chi connectivity index (χ1) is 14.3. The third-order valence-corrected chi connectivity index (χ3v) is 4.63. The first-order valence-corrected chi connectivity index (χ1v) is 9.02. The molecular formula is C18H16F5N5O2. The molecule has 1 N–H and O–H groups in total. The molecule has 1 atom stereocenters. The Bertz CT molecular complexity index is 1030. The number of ether oxygens (including phenoxy) is 2. The Balaban J connectivity index is 1.76. The van der Waals surface area contributed by atoms with Crippen molar-refractivity contribution in [3.8, 4) is 17.0 Å². The zero-order chi connectivity index (χ0) is 21.3. The van der Waals surface area contributed by atoms with Crippen molar-refractivity contribution in [2.24, 2.45) is 0 Å². The van der Waals surface area contributed by atoms with Gasteiger partial charge in [0, 0.05) is 12.2 Å². The fraction of sp³-hybridized carbons (Fsp3) is 0.389. The van der Waals surface area contributed by atoms with Gasteiger partial charge in [-0.3, -0.25) is 4.40 Å². The molecule has 0 saturated carbocycles. The monoisotopic (exact) mass is 429 g/mol. The standard InChI is InChI=1S/C18H16F5N5O2/c19-16(20)30-14-6-10(18(21,22)23)3-4-12(14)15-13-7-24-9-28(13)17(27-26-15)25-11-2-1-5-29-8-11/h3-4,6-7,9,11,16H,1-2,5,8H2,(H,25,27)/t11-/m1/s1. The number of rotatable bonds is 5. The minimum absolute atomic E-state index is 0.00768. The van der Waals surface area contributed by atoms with Crippen LogP contribution in [0.5, 0.6) is 5.75 Å². The first kappa shape index (κ1) is 20.3. The summed E-state index contributed by atoms with van der Waals surface area (Å²) in [5.41, 5.74) is -0.755. The number of hydrogen-bond acceptors (Lipinski definition) is 6. The minimum atomic E-state index is -4.72. The van der Waals surface area contributed by atoms with Crippen LogP contribution in [0.1, 0.15) is 18.4 Å². The van der Waals surface area contributed by atoms with Crippen LogP contribution in [0.25, 0.3) is 16.8 Å². The summed E-state index contributed by atoms with van der Waals surface area (Å²) in [5.74, 6) is -0.302. The van der Waals surface area contributed by atoms with Gasteiger partial charge in [-0.25, -0.2) is 4.98 Å². The molecule has 0 aliphatic carbocycles. The Morgan fingerprint density at radius 1 is 1.23 bits per heavy atom. The number of halogens is 5. The third-order valence-electron chi connectivity index (χ3n) is 4.63. The maximum absolute atomic E-state index is 13.0. The van der Waals surface area contributed by atoms with Crippen molar-refractivity contribution in [3.63, 3.8) is 0 Å². The number of hydrogen-bond donors (Lipinski definition) is 1. The molecule has 7 nitrogen and oxygen atoms in total. The Kier molecular flexibility index (Phi) is 5.41. The van der Waals surface area contributed by atoms with Crippen LogP contribution in [0.4, 0.5) is 27.9 Å². The van der Waals surface area contributed by atoms with E-state index in [1.807, 2.05) is 0 Å². The molecule has 3 heterocycles. The van der Waals surface area contributed by atoms with Gasteiger partial charge in [0.05, 0.1) is 29.9 Å². The quantitative estimate of drug-likeness (QED) is 0.618. The van der Waals surface area contributed by atoms with E-state index in [0.29, 0.717) is 30.7 Å². The van der Waals surface area contributed by atoms with Crippen LogP contribution < -0.4 is 10.1 Å². The van der Waals surface area contributed by atoms with Crippen molar-refractivity contribution >= 4 is 11.5 Å². The van der Waals surface area contributed by atoms with Crippen LogP contribution >= 0.6 is 0 Å². The highest BCUT2D eigenvalue weighted by Crippen LogP contribution is 2.38. The van der Waals surface area contributed by atoms with Crippen molar-refractivity contribution in [1.82, 2.24) is 19.6 Å². The molecule has 1 aliphatic heterocycles. The van der Waals surface area contributed by atoms with Gasteiger partial charge in [-0.2, -0.15) is 22.0 Å². The number of alkyl halides is 5. The van der Waals surface area contributed by atoms with E-state index in [-0.39, 0.29) is 17.3 Å². The van der Waals surface area contributed by atoms with E-state index >= 15 is 0 Å². The van der Waals surface area contributed by atoms with Crippen molar-refractivity contribution in [2.75, 3.05) is 18.5 Å². The number of nitrogens with zero attached hydrogens (tertiary/aromatic N) is 4. The van der Waals surface area contributed by atoms with Crippen LogP contribution in [0.15, 0.2) is 30.7 Å². The summed E-state index contributed by atoms with van der Waals surface area (Å²) in [6, 6.07) is 2.32. The van der Waals surface area contributed by atoms with Gasteiger partial charge in [-0.15, -0.1) is 10.2 Å². The summed E-state index contributed by atoms with van der Waals surface area (Å²) < 4.78 is 76.0. The molecule has 3 aromatic rings. The van der Waals surface area contributed by atoms with Gasteiger partial charge in [0.2, 0.25) is 5.95 Å². The summed E-state index contributed by atoms with van der Waals surface area (Å²) in [5, 5.41) is 11.3. The second-order valence-corrected chi connectivity index (χ2v) is 6.67. The Labute approximate surface area is 166 Å². The van der Waals surface area contributed by atoms with E-state index in [4.69, 9.17) is 4.74 Å². The van der Waals surface area contributed by atoms with Crippen molar-refractivity contribution in [3.05, 3.63) is 36.3 Å². The number of benzene rings is 1. The van der Waals surface area contributed by atoms with Crippen molar-refractivity contribution in [1.29, 1.82) is 0 Å². The SMILES string of the molecule is FC(F)Oc1cc(C(F)(F)F)ccc1-c1nnc(N[C@@H]2CCCOC2)n2cncc12. The largest absolute Gasteiger partial charge is 0.434 e. The molecule has 0 unspecified atom stereocenters. The van der Waals surface area contributed by atoms with E-state index < -0.39 is 24.1 Å². The molecule has 0 amide bonds. The second-order valence-electron chi connectivity index (χ2n) is 6.67. The average Bonchev–Trinajstić information content (AvgIpc) is 3.19. The molecule has 12 heteroatoms. The molecule has 0 bridgehead atoms. The summed E-state index contributed by atoms with van der Waals surface area (Å²) in [7, 11) is 0. The van der Waals surface area contributed by atoms with E-state index in [9.17, 15) is 22.0 Å². The summed E-state index contributed by atoms with van der Waals surface area (Å²) in [6.45, 7) is -2.14. The second kappa shape index (κ2) is 8.01. The third kappa shape index (κ3) is 4.13. The minimum Gasteiger partial charge on any atom is -0.434 e. The van der Waals surface area contributed by atoms with Crippen molar-refractivity contribution in [2.45, 2.75) is 31.7 Å². The van der Waals surface area contributed by atoms with Gasteiger partial charge in [-0.1, -0.05) is 0 Å². The van der Waals surface area contributed by atoms with Gasteiger partial charge in [0.1, 0.15) is 17.8 Å². The predicted molar refractivity (Wildman–Crippen MR) is 95.3 cm³/mol. The van der Waals surface area contributed by atoms with Crippen LogP contribution in [0.3, 0.4) is 0 Å². The Hall–Kier alpha value is -3.02. The lowest BCUT2D eigenvalue weighted by Crippen LogP contribution is -2.31. The highest BCUT2D eigenvalue weighted by Gasteiger charge is 2.32. The van der Waals surface area contributed by atoms with Crippen LogP contribution in [-0.4, -0.2) is 45.4 Å². The number of fused-ring (bicyclic) bond motifs is 1. The van der Waals surface area contributed by atoms with Gasteiger partial charge in [0.25, 0.3) is 0 Å². The zero-order valence-electron chi connectivity index (χ0n) is 15.4. The number of nitrogens with one attached hydrogen (secondary N) is 1. The molecule has 0 radical (unpaired) electrons. The summed E-state index contributed by atoms with van der Waals surface area (Å²) in [6.07, 6.45) is -0.110. The van der Waals surface area contributed by atoms with E-state index in [2.05, 4.69) is 25.2 Å². The van der Waals surface area contributed by atoms with Crippen LogP contribution in [-0.2, 0) is 10.9 Å². The molecule has 1 fully saturated rings. The molecule has 1 aromatic carbocycles. The zero-order valence-corrected chi connectivity index (χ0v) is 15.4. The molecule has 2 aromatic heterocycles. The van der Waals surface area contributed by atoms with Crippen LogP contribution in [0, 0.1) is 0 Å². The van der Waals surface area contributed by atoms with E-state index in [0.717, 1.165) is 25.0 Å².